The van der Waals surface area contributed by atoms with Crippen LogP contribution in [0.3, 0.4) is 0 Å². The topological polar surface area (TPSA) is 102 Å². The summed E-state index contributed by atoms with van der Waals surface area (Å²) in [5.41, 5.74) is 0. The zero-order valence-electron chi connectivity index (χ0n) is 6.47. The highest BCUT2D eigenvalue weighted by molar-refractivity contribution is 5.71. The Balaban J connectivity index is 3.45. The number of carboxylic acid groups (broad SMARTS) is 1. The molecule has 2 atom stereocenters. The lowest BCUT2D eigenvalue weighted by molar-refractivity contribution is -0.147. The Morgan fingerprint density at radius 2 is 2.00 bits per heavy atom. The average Bonchev–Trinajstić information content (AvgIpc) is 2.03. The molecule has 0 radical (unpaired) electrons. The van der Waals surface area contributed by atoms with Crippen molar-refractivity contribution in [1.82, 2.24) is 0 Å². The minimum Gasteiger partial charge on any atom is -0.479 e. The highest BCUT2D eigenvalue weighted by atomic mass is 16.4. The number of aliphatic hydroxyl groups is 2. The Hall–Kier alpha value is -1.12. The lowest BCUT2D eigenvalue weighted by Crippen LogP contribution is -2.19. The van der Waals surface area contributed by atoms with Gasteiger partial charge in [-0.1, -0.05) is 0 Å². The molecule has 0 aliphatic rings. The second kappa shape index (κ2) is 5.52. The van der Waals surface area contributed by atoms with Gasteiger partial charge >= 0.3 is 5.97 Å². The molecule has 0 aromatic carbocycles. The second-order valence-electron chi connectivity index (χ2n) is 2.43. The minimum absolute atomic E-state index is 0.0636. The SMILES string of the molecule is N#CC(O)CCCC(O)C(=O)O. The highest BCUT2D eigenvalue weighted by Crippen LogP contribution is 2.03. The largest absolute Gasteiger partial charge is 0.479 e. The first kappa shape index (κ1) is 10.9. The van der Waals surface area contributed by atoms with E-state index in [0.29, 0.717) is 6.42 Å². The first-order valence-electron chi connectivity index (χ1n) is 3.56. The Morgan fingerprint density at radius 1 is 1.42 bits per heavy atom. The van der Waals surface area contributed by atoms with Crippen molar-refractivity contribution in [3.8, 4) is 6.07 Å². The quantitative estimate of drug-likeness (QED) is 0.486. The maximum absolute atomic E-state index is 10.1. The Labute approximate surface area is 69.9 Å². The molecule has 5 nitrogen and oxygen atoms in total. The van der Waals surface area contributed by atoms with Crippen molar-refractivity contribution in [2.24, 2.45) is 0 Å². The summed E-state index contributed by atoms with van der Waals surface area (Å²) in [6, 6.07) is 1.59. The number of hydrogen-bond acceptors (Lipinski definition) is 4. The van der Waals surface area contributed by atoms with E-state index in [9.17, 15) is 4.79 Å². The second-order valence-corrected chi connectivity index (χ2v) is 2.43. The van der Waals surface area contributed by atoms with Crippen LogP contribution in [0, 0.1) is 11.3 Å². The molecule has 0 fully saturated rings. The number of nitriles is 1. The van der Waals surface area contributed by atoms with Crippen molar-refractivity contribution < 1.29 is 20.1 Å². The summed E-state index contributed by atoms with van der Waals surface area (Å²) in [6.07, 6.45) is -1.88. The van der Waals surface area contributed by atoms with Gasteiger partial charge in [0.2, 0.25) is 0 Å². The molecule has 5 heteroatoms. The molecule has 12 heavy (non-hydrogen) atoms. The maximum Gasteiger partial charge on any atom is 0.332 e. The fourth-order valence-corrected chi connectivity index (χ4v) is 0.693. The van der Waals surface area contributed by atoms with Crippen molar-refractivity contribution in [1.29, 1.82) is 5.26 Å². The van der Waals surface area contributed by atoms with Gasteiger partial charge in [0.05, 0.1) is 6.07 Å². The third-order valence-corrected chi connectivity index (χ3v) is 1.39. The van der Waals surface area contributed by atoms with Gasteiger partial charge in [-0.05, 0) is 19.3 Å². The van der Waals surface area contributed by atoms with Gasteiger partial charge < -0.3 is 15.3 Å². The number of nitrogens with zero attached hydrogens (tertiary/aromatic N) is 1. The summed E-state index contributed by atoms with van der Waals surface area (Å²) >= 11 is 0. The van der Waals surface area contributed by atoms with E-state index in [2.05, 4.69) is 0 Å². The number of hydrogen-bond donors (Lipinski definition) is 3. The molecule has 0 aromatic heterocycles. The van der Waals surface area contributed by atoms with Crippen molar-refractivity contribution in [3.05, 3.63) is 0 Å². The summed E-state index contributed by atoms with van der Waals surface area (Å²) < 4.78 is 0. The summed E-state index contributed by atoms with van der Waals surface area (Å²) in [5.74, 6) is -1.28. The summed E-state index contributed by atoms with van der Waals surface area (Å²) in [6.45, 7) is 0. The van der Waals surface area contributed by atoms with E-state index >= 15 is 0 Å². The van der Waals surface area contributed by atoms with Crippen LogP contribution >= 0.6 is 0 Å². The van der Waals surface area contributed by atoms with E-state index in [0.717, 1.165) is 0 Å². The van der Waals surface area contributed by atoms with Crippen LogP contribution in [-0.4, -0.2) is 33.5 Å². The van der Waals surface area contributed by atoms with Crippen LogP contribution in [-0.2, 0) is 4.79 Å². The van der Waals surface area contributed by atoms with Crippen molar-refractivity contribution in [3.63, 3.8) is 0 Å². The molecule has 2 unspecified atom stereocenters. The standard InChI is InChI=1S/C7H11NO4/c8-4-5(9)2-1-3-6(10)7(11)12/h5-6,9-10H,1-3H2,(H,11,12). The maximum atomic E-state index is 10.1. The third kappa shape index (κ3) is 4.66. The lowest BCUT2D eigenvalue weighted by atomic mass is 10.1. The number of aliphatic hydroxyl groups excluding tert-OH is 2. The first-order valence-corrected chi connectivity index (χ1v) is 3.56. The van der Waals surface area contributed by atoms with E-state index < -0.39 is 18.2 Å². The normalized spacial score (nSPS) is 14.8. The Morgan fingerprint density at radius 3 is 2.42 bits per heavy atom. The predicted octanol–water partition coefficient (Wildman–Crippen LogP) is -0.513. The van der Waals surface area contributed by atoms with Gasteiger partial charge in [0.25, 0.3) is 0 Å². The first-order chi connectivity index (χ1) is 5.57. The van der Waals surface area contributed by atoms with Crippen molar-refractivity contribution in [2.75, 3.05) is 0 Å². The summed E-state index contributed by atoms with van der Waals surface area (Å²) in [5, 5.41) is 33.8. The lowest BCUT2D eigenvalue weighted by Gasteiger charge is -2.04. The molecule has 0 saturated heterocycles. The molecule has 0 amide bonds. The molecule has 0 saturated carbocycles. The minimum atomic E-state index is -1.39. The van der Waals surface area contributed by atoms with Crippen molar-refractivity contribution in [2.45, 2.75) is 31.5 Å². The Kier molecular flexibility index (Phi) is 5.00. The van der Waals surface area contributed by atoms with Gasteiger partial charge in [0.15, 0.2) is 6.10 Å². The van der Waals surface area contributed by atoms with E-state index in [1.165, 1.54) is 0 Å². The van der Waals surface area contributed by atoms with Crippen LogP contribution in [0.5, 0.6) is 0 Å². The number of rotatable bonds is 5. The fraction of sp³-hybridized carbons (Fsp3) is 0.714. The smallest absolute Gasteiger partial charge is 0.332 e. The molecule has 0 rings (SSSR count). The molecular formula is C7H11NO4. The van der Waals surface area contributed by atoms with Gasteiger partial charge in [-0.25, -0.2) is 4.79 Å². The third-order valence-electron chi connectivity index (χ3n) is 1.39. The van der Waals surface area contributed by atoms with Crippen LogP contribution < -0.4 is 0 Å². The zero-order chi connectivity index (χ0) is 9.56. The van der Waals surface area contributed by atoms with Crippen LogP contribution in [0.25, 0.3) is 0 Å². The number of carbonyl (C=O) groups is 1. The van der Waals surface area contributed by atoms with Crippen molar-refractivity contribution >= 4 is 5.97 Å². The van der Waals surface area contributed by atoms with Gasteiger partial charge in [-0.2, -0.15) is 5.26 Å². The molecule has 0 aliphatic carbocycles. The monoisotopic (exact) mass is 173 g/mol. The molecule has 0 spiro atoms. The molecular weight excluding hydrogens is 162 g/mol. The highest BCUT2D eigenvalue weighted by Gasteiger charge is 2.12. The molecule has 0 heterocycles. The van der Waals surface area contributed by atoms with Crippen LogP contribution in [0.1, 0.15) is 19.3 Å². The van der Waals surface area contributed by atoms with E-state index in [4.69, 9.17) is 20.6 Å². The van der Waals surface area contributed by atoms with Crippen LogP contribution in [0.4, 0.5) is 0 Å². The number of carboxylic acids is 1. The van der Waals surface area contributed by atoms with Crippen LogP contribution in [0.2, 0.25) is 0 Å². The molecule has 0 aromatic rings. The average molecular weight is 173 g/mol. The van der Waals surface area contributed by atoms with E-state index in [-0.39, 0.29) is 12.8 Å². The van der Waals surface area contributed by atoms with E-state index in [1.54, 1.807) is 6.07 Å². The molecule has 0 bridgehead atoms. The van der Waals surface area contributed by atoms with Crippen LogP contribution in [0.15, 0.2) is 0 Å². The van der Waals surface area contributed by atoms with Gasteiger partial charge in [-0.15, -0.1) is 0 Å². The fourth-order valence-electron chi connectivity index (χ4n) is 0.693. The van der Waals surface area contributed by atoms with Gasteiger partial charge in [0.1, 0.15) is 6.10 Å². The summed E-state index contributed by atoms with van der Waals surface area (Å²) in [7, 11) is 0. The zero-order valence-corrected chi connectivity index (χ0v) is 6.47. The molecule has 68 valence electrons. The van der Waals surface area contributed by atoms with E-state index in [1.807, 2.05) is 0 Å². The predicted molar refractivity (Wildman–Crippen MR) is 39.1 cm³/mol. The Bertz CT molecular complexity index is 186. The number of aliphatic carboxylic acids is 1. The van der Waals surface area contributed by atoms with Gasteiger partial charge in [0, 0.05) is 0 Å². The molecule has 3 N–H and O–H groups in total. The summed E-state index contributed by atoms with van der Waals surface area (Å²) in [4.78, 5) is 10.1. The van der Waals surface area contributed by atoms with Gasteiger partial charge in [-0.3, -0.25) is 0 Å². The molecule has 0 aliphatic heterocycles.